The van der Waals surface area contributed by atoms with Crippen LogP contribution in [0.1, 0.15) is 24.8 Å². The van der Waals surface area contributed by atoms with Crippen molar-refractivity contribution in [3.05, 3.63) is 22.3 Å². The lowest BCUT2D eigenvalue weighted by molar-refractivity contribution is -0.137. The molecule has 1 aromatic heterocycles. The maximum atomic E-state index is 13.1. The zero-order valence-corrected chi connectivity index (χ0v) is 13.2. The van der Waals surface area contributed by atoms with Crippen molar-refractivity contribution in [2.24, 2.45) is 0 Å². The van der Waals surface area contributed by atoms with Gasteiger partial charge >= 0.3 is 6.18 Å². The van der Waals surface area contributed by atoms with Crippen LogP contribution in [0.4, 0.5) is 19.0 Å². The predicted molar refractivity (Wildman–Crippen MR) is 75.7 cm³/mol. The average Bonchev–Trinajstić information content (AvgIpc) is 2.37. The lowest BCUT2D eigenvalue weighted by Crippen LogP contribution is -2.42. The Kier molecular flexibility index (Phi) is 4.76. The van der Waals surface area contributed by atoms with Crippen molar-refractivity contribution < 1.29 is 13.2 Å². The molecule has 2 heterocycles. The number of rotatable bonds is 2. The molecule has 0 radical (unpaired) electrons. The van der Waals surface area contributed by atoms with Crippen molar-refractivity contribution >= 4 is 37.7 Å². The van der Waals surface area contributed by atoms with E-state index in [-0.39, 0.29) is 11.9 Å². The number of anilines is 1. The quantitative estimate of drug-likeness (QED) is 0.672. The predicted octanol–water partition coefficient (Wildman–Crippen LogP) is 4.62. The Labute approximate surface area is 126 Å². The molecule has 1 unspecified atom stereocenters. The zero-order valence-electron chi connectivity index (χ0n) is 10.1. The number of halogens is 5. The van der Waals surface area contributed by atoms with E-state index in [1.165, 1.54) is 6.20 Å². The third kappa shape index (κ3) is 3.42. The van der Waals surface area contributed by atoms with Gasteiger partial charge in [-0.1, -0.05) is 15.9 Å². The van der Waals surface area contributed by atoms with Crippen LogP contribution in [-0.4, -0.2) is 22.9 Å². The first-order chi connectivity index (χ1) is 8.93. The molecule has 2 nitrogen and oxygen atoms in total. The first-order valence-corrected chi connectivity index (χ1v) is 7.90. The summed E-state index contributed by atoms with van der Waals surface area (Å²) in [5.41, 5.74) is -0.672. The number of hydrogen-bond donors (Lipinski definition) is 0. The van der Waals surface area contributed by atoms with Gasteiger partial charge in [0.25, 0.3) is 0 Å². The molecule has 0 spiro atoms. The number of hydrogen-bond acceptors (Lipinski definition) is 2. The van der Waals surface area contributed by atoms with Crippen LogP contribution in [0.25, 0.3) is 0 Å². The summed E-state index contributed by atoms with van der Waals surface area (Å²) in [5, 5.41) is 0.655. The van der Waals surface area contributed by atoms with E-state index in [0.29, 0.717) is 16.3 Å². The molecule has 1 aliphatic heterocycles. The maximum absolute atomic E-state index is 13.1. The summed E-state index contributed by atoms with van der Waals surface area (Å²) in [4.78, 5) is 5.78. The summed E-state index contributed by atoms with van der Waals surface area (Å²) in [6.07, 6.45) is -0.131. The fourth-order valence-electron chi connectivity index (χ4n) is 2.31. The molecule has 0 aromatic carbocycles. The smallest absolute Gasteiger partial charge is 0.352 e. The molecule has 1 atom stereocenters. The molecule has 2 rings (SSSR count). The van der Waals surface area contributed by atoms with Crippen molar-refractivity contribution in [1.82, 2.24) is 4.98 Å². The van der Waals surface area contributed by atoms with Crippen LogP contribution in [0.3, 0.4) is 0 Å². The minimum atomic E-state index is -4.39. The molecule has 1 saturated heterocycles. The molecule has 1 aromatic rings. The van der Waals surface area contributed by atoms with Crippen LogP contribution in [0.15, 0.2) is 16.7 Å². The molecular formula is C12H13Br2F3N2. The van der Waals surface area contributed by atoms with Crippen molar-refractivity contribution in [3.63, 3.8) is 0 Å². The van der Waals surface area contributed by atoms with E-state index < -0.39 is 11.7 Å². The SMILES string of the molecule is FC(F)(F)c1cc(Br)cnc1N1CCCCC1CBr. The number of piperidine rings is 1. The van der Waals surface area contributed by atoms with E-state index in [2.05, 4.69) is 36.8 Å². The third-order valence-corrected chi connectivity index (χ3v) is 4.40. The van der Waals surface area contributed by atoms with E-state index in [0.717, 1.165) is 25.3 Å². The minimum Gasteiger partial charge on any atom is -0.352 e. The van der Waals surface area contributed by atoms with Gasteiger partial charge in [-0.3, -0.25) is 0 Å². The summed E-state index contributed by atoms with van der Waals surface area (Å²) in [6, 6.07) is 1.17. The average molecular weight is 402 g/mol. The van der Waals surface area contributed by atoms with E-state index in [4.69, 9.17) is 0 Å². The molecule has 7 heteroatoms. The second-order valence-corrected chi connectivity index (χ2v) is 6.08. The van der Waals surface area contributed by atoms with Gasteiger partial charge in [0.05, 0.1) is 5.56 Å². The van der Waals surface area contributed by atoms with E-state index in [9.17, 15) is 13.2 Å². The second kappa shape index (κ2) is 5.99. The largest absolute Gasteiger partial charge is 0.419 e. The van der Waals surface area contributed by atoms with Crippen molar-refractivity contribution in [2.45, 2.75) is 31.5 Å². The Morgan fingerprint density at radius 2 is 2.11 bits per heavy atom. The Hall–Kier alpha value is -0.300. The van der Waals surface area contributed by atoms with Gasteiger partial charge in [-0.2, -0.15) is 13.2 Å². The molecule has 0 N–H and O–H groups in total. The molecular weight excluding hydrogens is 389 g/mol. The Morgan fingerprint density at radius 1 is 1.37 bits per heavy atom. The lowest BCUT2D eigenvalue weighted by atomic mass is 10.0. The van der Waals surface area contributed by atoms with Gasteiger partial charge in [0, 0.05) is 28.6 Å². The monoisotopic (exact) mass is 400 g/mol. The second-order valence-electron chi connectivity index (χ2n) is 4.52. The van der Waals surface area contributed by atoms with Crippen molar-refractivity contribution in [3.8, 4) is 0 Å². The fraction of sp³-hybridized carbons (Fsp3) is 0.583. The minimum absolute atomic E-state index is 0.0415. The van der Waals surface area contributed by atoms with Gasteiger partial charge < -0.3 is 4.90 Å². The number of aromatic nitrogens is 1. The standard InChI is InChI=1S/C12H13Br2F3N2/c13-6-9-3-1-2-4-19(9)11-10(12(15,16)17)5-8(14)7-18-11/h5,7,9H,1-4,6H2. The molecule has 1 aliphatic rings. The summed E-state index contributed by atoms with van der Waals surface area (Å²) < 4.78 is 39.7. The summed E-state index contributed by atoms with van der Waals surface area (Å²) in [6.45, 7) is 0.619. The van der Waals surface area contributed by atoms with Crippen molar-refractivity contribution in [2.75, 3.05) is 16.8 Å². The van der Waals surface area contributed by atoms with Crippen LogP contribution in [0, 0.1) is 0 Å². The Bertz CT molecular complexity index is 451. The van der Waals surface area contributed by atoms with E-state index in [1.54, 1.807) is 4.90 Å². The first kappa shape index (κ1) is 15.1. The summed E-state index contributed by atoms with van der Waals surface area (Å²) in [7, 11) is 0. The van der Waals surface area contributed by atoms with Crippen LogP contribution in [0.5, 0.6) is 0 Å². The van der Waals surface area contributed by atoms with Crippen LogP contribution < -0.4 is 4.90 Å². The first-order valence-electron chi connectivity index (χ1n) is 5.99. The van der Waals surface area contributed by atoms with Crippen LogP contribution in [0.2, 0.25) is 0 Å². The Morgan fingerprint density at radius 3 is 2.74 bits per heavy atom. The highest BCUT2D eigenvalue weighted by Crippen LogP contribution is 2.38. The highest BCUT2D eigenvalue weighted by atomic mass is 79.9. The van der Waals surface area contributed by atoms with Gasteiger partial charge in [0.15, 0.2) is 0 Å². The van der Waals surface area contributed by atoms with Gasteiger partial charge in [0.2, 0.25) is 0 Å². The lowest BCUT2D eigenvalue weighted by Gasteiger charge is -2.37. The zero-order chi connectivity index (χ0) is 14.0. The highest BCUT2D eigenvalue weighted by Gasteiger charge is 2.37. The normalized spacial score (nSPS) is 20.7. The molecule has 106 valence electrons. The van der Waals surface area contributed by atoms with Gasteiger partial charge in [0.1, 0.15) is 5.82 Å². The van der Waals surface area contributed by atoms with Gasteiger partial charge in [-0.25, -0.2) is 4.98 Å². The maximum Gasteiger partial charge on any atom is 0.419 e. The Balaban J connectivity index is 2.43. The summed E-state index contributed by atoms with van der Waals surface area (Å²) in [5.74, 6) is 0.0415. The van der Waals surface area contributed by atoms with Gasteiger partial charge in [-0.05, 0) is 41.3 Å². The molecule has 1 fully saturated rings. The third-order valence-electron chi connectivity index (χ3n) is 3.22. The van der Waals surface area contributed by atoms with Crippen LogP contribution in [-0.2, 0) is 6.18 Å². The molecule has 0 saturated carbocycles. The molecule has 0 amide bonds. The fourth-order valence-corrected chi connectivity index (χ4v) is 3.31. The number of nitrogens with zero attached hydrogens (tertiary/aromatic N) is 2. The number of alkyl halides is 4. The van der Waals surface area contributed by atoms with Crippen molar-refractivity contribution in [1.29, 1.82) is 0 Å². The van der Waals surface area contributed by atoms with E-state index >= 15 is 0 Å². The number of pyridine rings is 1. The highest BCUT2D eigenvalue weighted by molar-refractivity contribution is 9.10. The molecule has 19 heavy (non-hydrogen) atoms. The molecule has 0 bridgehead atoms. The van der Waals surface area contributed by atoms with E-state index in [1.807, 2.05) is 0 Å². The van der Waals surface area contributed by atoms with Crippen LogP contribution >= 0.6 is 31.9 Å². The molecule has 0 aliphatic carbocycles. The topological polar surface area (TPSA) is 16.1 Å². The summed E-state index contributed by atoms with van der Waals surface area (Å²) >= 11 is 6.43. The van der Waals surface area contributed by atoms with Gasteiger partial charge in [-0.15, -0.1) is 0 Å².